The Bertz CT molecular complexity index is 302. The molecule has 2 aliphatic rings. The van der Waals surface area contributed by atoms with Crippen LogP contribution in [0.5, 0.6) is 0 Å². The van der Waals surface area contributed by atoms with E-state index in [1.165, 1.54) is 45.2 Å². The quantitative estimate of drug-likeness (QED) is 0.679. The Hall–Kier alpha value is -0.160. The highest BCUT2D eigenvalue weighted by atomic mass is 16.3. The molecule has 0 aromatic rings. The summed E-state index contributed by atoms with van der Waals surface area (Å²) in [5.74, 6) is 0. The zero-order valence-corrected chi connectivity index (χ0v) is 14.3. The van der Waals surface area contributed by atoms with E-state index in [4.69, 9.17) is 0 Å². The molecule has 21 heavy (non-hydrogen) atoms. The Morgan fingerprint density at radius 3 is 2.67 bits per heavy atom. The van der Waals surface area contributed by atoms with Gasteiger partial charge in [-0.2, -0.15) is 0 Å². The molecule has 2 rings (SSSR count). The lowest BCUT2D eigenvalue weighted by molar-refractivity contribution is 0.115. The summed E-state index contributed by atoms with van der Waals surface area (Å²) < 4.78 is 0. The summed E-state index contributed by atoms with van der Waals surface area (Å²) in [6.45, 7) is 6.07. The minimum absolute atomic E-state index is 0.0363. The molecule has 1 saturated carbocycles. The molecular formula is C17H35N3O. The van der Waals surface area contributed by atoms with Crippen molar-refractivity contribution in [1.29, 1.82) is 0 Å². The summed E-state index contributed by atoms with van der Waals surface area (Å²) >= 11 is 0. The predicted octanol–water partition coefficient (Wildman–Crippen LogP) is 1.69. The van der Waals surface area contributed by atoms with Gasteiger partial charge in [-0.05, 0) is 72.1 Å². The normalized spacial score (nSPS) is 27.0. The van der Waals surface area contributed by atoms with Crippen molar-refractivity contribution < 1.29 is 5.11 Å². The summed E-state index contributed by atoms with van der Waals surface area (Å²) in [7, 11) is 4.50. The Labute approximate surface area is 130 Å². The average Bonchev–Trinajstić information content (AvgIpc) is 3.30. The van der Waals surface area contributed by atoms with E-state index >= 15 is 0 Å². The van der Waals surface area contributed by atoms with E-state index in [-0.39, 0.29) is 12.1 Å². The highest BCUT2D eigenvalue weighted by Crippen LogP contribution is 2.27. The second kappa shape index (κ2) is 7.91. The van der Waals surface area contributed by atoms with Crippen LogP contribution in [-0.4, -0.2) is 72.9 Å². The van der Waals surface area contributed by atoms with E-state index in [0.29, 0.717) is 12.1 Å². The number of piperidine rings is 1. The molecule has 2 atom stereocenters. The van der Waals surface area contributed by atoms with Crippen molar-refractivity contribution in [2.24, 2.45) is 0 Å². The third-order valence-electron chi connectivity index (χ3n) is 5.46. The lowest BCUT2D eigenvalue weighted by atomic mass is 9.90. The zero-order chi connectivity index (χ0) is 15.3. The molecule has 0 spiro atoms. The van der Waals surface area contributed by atoms with Crippen LogP contribution in [0.15, 0.2) is 0 Å². The van der Waals surface area contributed by atoms with Gasteiger partial charge in [0, 0.05) is 24.2 Å². The zero-order valence-electron chi connectivity index (χ0n) is 14.3. The fraction of sp³-hybridized carbons (Fsp3) is 1.00. The molecule has 0 radical (unpaired) electrons. The molecule has 4 nitrogen and oxygen atoms in total. The van der Waals surface area contributed by atoms with Crippen LogP contribution >= 0.6 is 0 Å². The summed E-state index contributed by atoms with van der Waals surface area (Å²) in [6, 6.07) is 1.38. The molecule has 2 unspecified atom stereocenters. The van der Waals surface area contributed by atoms with Gasteiger partial charge in [-0.25, -0.2) is 0 Å². The molecule has 0 aromatic heterocycles. The molecular weight excluding hydrogens is 262 g/mol. The van der Waals surface area contributed by atoms with Gasteiger partial charge in [0.1, 0.15) is 0 Å². The van der Waals surface area contributed by atoms with Gasteiger partial charge in [0.05, 0.1) is 6.61 Å². The fourth-order valence-electron chi connectivity index (χ4n) is 3.60. The minimum Gasteiger partial charge on any atom is -0.394 e. The van der Waals surface area contributed by atoms with E-state index in [1.54, 1.807) is 0 Å². The largest absolute Gasteiger partial charge is 0.394 e. The van der Waals surface area contributed by atoms with Crippen molar-refractivity contribution in [1.82, 2.24) is 15.1 Å². The van der Waals surface area contributed by atoms with Crippen LogP contribution in [0, 0.1) is 0 Å². The van der Waals surface area contributed by atoms with Crippen LogP contribution in [-0.2, 0) is 0 Å². The maximum absolute atomic E-state index is 9.82. The third-order valence-corrected chi connectivity index (χ3v) is 5.46. The number of rotatable bonds is 9. The van der Waals surface area contributed by atoms with Crippen molar-refractivity contribution in [3.8, 4) is 0 Å². The van der Waals surface area contributed by atoms with Crippen LogP contribution in [0.4, 0.5) is 0 Å². The lowest BCUT2D eigenvalue weighted by Gasteiger charge is -2.37. The van der Waals surface area contributed by atoms with Gasteiger partial charge in [0.2, 0.25) is 0 Å². The van der Waals surface area contributed by atoms with Gasteiger partial charge in [0.25, 0.3) is 0 Å². The number of nitrogens with one attached hydrogen (secondary N) is 1. The molecule has 2 fully saturated rings. The number of likely N-dealkylation sites (tertiary alicyclic amines) is 1. The van der Waals surface area contributed by atoms with Crippen molar-refractivity contribution in [3.63, 3.8) is 0 Å². The minimum atomic E-state index is -0.0363. The van der Waals surface area contributed by atoms with Gasteiger partial charge in [-0.3, -0.25) is 0 Å². The highest BCUT2D eigenvalue weighted by Gasteiger charge is 2.34. The summed E-state index contributed by atoms with van der Waals surface area (Å²) in [5.41, 5.74) is -0.0363. The first-order chi connectivity index (χ1) is 10.1. The number of aliphatic hydroxyl groups is 1. The maximum atomic E-state index is 9.82. The van der Waals surface area contributed by atoms with Crippen molar-refractivity contribution in [2.45, 2.75) is 69.5 Å². The number of nitrogens with zero attached hydrogens (tertiary/aromatic N) is 2. The number of hydrogen-bond donors (Lipinski definition) is 2. The molecule has 4 heteroatoms. The molecule has 0 bridgehead atoms. The molecule has 1 aliphatic heterocycles. The molecule has 1 heterocycles. The van der Waals surface area contributed by atoms with Gasteiger partial charge >= 0.3 is 0 Å². The van der Waals surface area contributed by atoms with Gasteiger partial charge in [-0.15, -0.1) is 0 Å². The Morgan fingerprint density at radius 2 is 2.10 bits per heavy atom. The monoisotopic (exact) mass is 297 g/mol. The van der Waals surface area contributed by atoms with Gasteiger partial charge < -0.3 is 20.2 Å². The first kappa shape index (κ1) is 17.2. The number of hydrogen-bond acceptors (Lipinski definition) is 4. The van der Waals surface area contributed by atoms with Crippen LogP contribution in [0.25, 0.3) is 0 Å². The molecule has 0 aromatic carbocycles. The molecule has 0 amide bonds. The Morgan fingerprint density at radius 1 is 1.33 bits per heavy atom. The molecule has 1 saturated heterocycles. The highest BCUT2D eigenvalue weighted by molar-refractivity contribution is 4.94. The molecule has 1 aliphatic carbocycles. The van der Waals surface area contributed by atoms with Crippen molar-refractivity contribution in [2.75, 3.05) is 40.3 Å². The van der Waals surface area contributed by atoms with E-state index in [2.05, 4.69) is 36.1 Å². The Balaban J connectivity index is 1.73. The lowest BCUT2D eigenvalue weighted by Crippen LogP contribution is -2.50. The maximum Gasteiger partial charge on any atom is 0.0613 e. The van der Waals surface area contributed by atoms with E-state index < -0.39 is 0 Å². The van der Waals surface area contributed by atoms with Crippen LogP contribution in [0.1, 0.15) is 51.9 Å². The number of aliphatic hydroxyl groups excluding tert-OH is 1. The SMILES string of the molecule is CCC(CO)(CCCN(C)C1CCCN(C)C1)NC1CC1. The summed E-state index contributed by atoms with van der Waals surface area (Å²) in [4.78, 5) is 4.98. The van der Waals surface area contributed by atoms with Crippen LogP contribution in [0.2, 0.25) is 0 Å². The number of likely N-dealkylation sites (N-methyl/N-ethyl adjacent to an activating group) is 2. The third kappa shape index (κ3) is 5.20. The second-order valence-electron chi connectivity index (χ2n) is 7.35. The topological polar surface area (TPSA) is 38.7 Å². The first-order valence-corrected chi connectivity index (χ1v) is 8.86. The van der Waals surface area contributed by atoms with Crippen LogP contribution in [0.3, 0.4) is 0 Å². The fourth-order valence-corrected chi connectivity index (χ4v) is 3.60. The van der Waals surface area contributed by atoms with Gasteiger partial charge in [0.15, 0.2) is 0 Å². The van der Waals surface area contributed by atoms with Gasteiger partial charge in [-0.1, -0.05) is 6.92 Å². The second-order valence-corrected chi connectivity index (χ2v) is 7.35. The Kier molecular flexibility index (Phi) is 6.48. The standard InChI is InChI=1S/C17H35N3O/c1-4-17(14-21,18-15-8-9-15)10-6-12-20(3)16-7-5-11-19(2)13-16/h15-16,18,21H,4-14H2,1-3H3. The van der Waals surface area contributed by atoms with Crippen molar-refractivity contribution >= 4 is 0 Å². The first-order valence-electron chi connectivity index (χ1n) is 8.86. The van der Waals surface area contributed by atoms with E-state index in [0.717, 1.165) is 19.4 Å². The smallest absolute Gasteiger partial charge is 0.0613 e. The van der Waals surface area contributed by atoms with Crippen LogP contribution < -0.4 is 5.32 Å². The average molecular weight is 297 g/mol. The summed E-state index contributed by atoms with van der Waals surface area (Å²) in [6.07, 6.45) is 8.51. The van der Waals surface area contributed by atoms with Crippen molar-refractivity contribution in [3.05, 3.63) is 0 Å². The van der Waals surface area contributed by atoms with E-state index in [1.807, 2.05) is 0 Å². The predicted molar refractivity (Wildman–Crippen MR) is 88.6 cm³/mol. The molecule has 2 N–H and O–H groups in total. The van der Waals surface area contributed by atoms with E-state index in [9.17, 15) is 5.11 Å². The summed E-state index contributed by atoms with van der Waals surface area (Å²) in [5, 5.41) is 13.5. The molecule has 124 valence electrons.